The lowest BCUT2D eigenvalue weighted by atomic mass is 9.95. The van der Waals surface area contributed by atoms with Crippen LogP contribution in [0, 0.1) is 5.92 Å². The third kappa shape index (κ3) is 4.67. The standard InChI is InChI=1S/C15H18N4O2.2ClH/c1-10-9-17-7-4-12(10)18-15(20)13-8-14(21-19-13)11-2-5-16-6-3-11;;/h2-3,5-6,8,10,12,17H,4,7,9H2,1H3,(H,18,20);2*1H. The van der Waals surface area contributed by atoms with Gasteiger partial charge < -0.3 is 15.2 Å². The molecule has 2 aromatic rings. The summed E-state index contributed by atoms with van der Waals surface area (Å²) in [4.78, 5) is 16.2. The minimum Gasteiger partial charge on any atom is -0.355 e. The van der Waals surface area contributed by atoms with Crippen LogP contribution < -0.4 is 10.6 Å². The van der Waals surface area contributed by atoms with E-state index in [1.165, 1.54) is 0 Å². The van der Waals surface area contributed by atoms with Gasteiger partial charge in [-0.3, -0.25) is 9.78 Å². The Kier molecular flexibility index (Phi) is 7.48. The van der Waals surface area contributed by atoms with Gasteiger partial charge in [0.15, 0.2) is 11.5 Å². The monoisotopic (exact) mass is 358 g/mol. The summed E-state index contributed by atoms with van der Waals surface area (Å²) in [6, 6.07) is 5.48. The van der Waals surface area contributed by atoms with Gasteiger partial charge in [-0.25, -0.2) is 0 Å². The summed E-state index contributed by atoms with van der Waals surface area (Å²) in [6.45, 7) is 3.98. The smallest absolute Gasteiger partial charge is 0.273 e. The molecular formula is C15H20Cl2N4O2. The molecule has 3 rings (SSSR count). The first-order chi connectivity index (χ1) is 10.2. The van der Waals surface area contributed by atoms with Gasteiger partial charge in [0.1, 0.15) is 0 Å². The lowest BCUT2D eigenvalue weighted by Gasteiger charge is -2.29. The first-order valence-corrected chi connectivity index (χ1v) is 7.13. The van der Waals surface area contributed by atoms with Crippen LogP contribution in [0.4, 0.5) is 0 Å². The summed E-state index contributed by atoms with van der Waals surface area (Å²) in [5, 5.41) is 10.2. The number of hydrogen-bond acceptors (Lipinski definition) is 5. The fraction of sp³-hybridized carbons (Fsp3) is 0.400. The predicted octanol–water partition coefficient (Wildman–Crippen LogP) is 2.31. The van der Waals surface area contributed by atoms with Crippen LogP contribution in [-0.2, 0) is 0 Å². The lowest BCUT2D eigenvalue weighted by molar-refractivity contribution is 0.0905. The molecule has 23 heavy (non-hydrogen) atoms. The molecule has 1 aliphatic rings. The van der Waals surface area contributed by atoms with Crippen molar-refractivity contribution in [3.05, 3.63) is 36.3 Å². The molecule has 2 unspecified atom stereocenters. The van der Waals surface area contributed by atoms with Crippen LogP contribution in [0.25, 0.3) is 11.3 Å². The number of amides is 1. The summed E-state index contributed by atoms with van der Waals surface area (Å²) in [5.74, 6) is 0.799. The fourth-order valence-corrected chi connectivity index (χ4v) is 2.51. The van der Waals surface area contributed by atoms with E-state index in [9.17, 15) is 4.79 Å². The number of rotatable bonds is 3. The zero-order valence-electron chi connectivity index (χ0n) is 12.7. The van der Waals surface area contributed by atoms with E-state index in [4.69, 9.17) is 4.52 Å². The van der Waals surface area contributed by atoms with E-state index in [1.54, 1.807) is 18.5 Å². The van der Waals surface area contributed by atoms with Crippen molar-refractivity contribution >= 4 is 30.7 Å². The van der Waals surface area contributed by atoms with Crippen molar-refractivity contribution in [1.29, 1.82) is 0 Å². The summed E-state index contributed by atoms with van der Waals surface area (Å²) >= 11 is 0. The van der Waals surface area contributed by atoms with Gasteiger partial charge in [0, 0.05) is 30.1 Å². The van der Waals surface area contributed by atoms with Gasteiger partial charge in [-0.15, -0.1) is 24.8 Å². The van der Waals surface area contributed by atoms with Crippen molar-refractivity contribution in [2.45, 2.75) is 19.4 Å². The highest BCUT2D eigenvalue weighted by Crippen LogP contribution is 2.19. The Morgan fingerprint density at radius 1 is 1.35 bits per heavy atom. The molecule has 0 radical (unpaired) electrons. The quantitative estimate of drug-likeness (QED) is 0.879. The highest BCUT2D eigenvalue weighted by atomic mass is 35.5. The van der Waals surface area contributed by atoms with Crippen LogP contribution in [0.5, 0.6) is 0 Å². The minimum atomic E-state index is -0.183. The topological polar surface area (TPSA) is 80.0 Å². The van der Waals surface area contributed by atoms with Gasteiger partial charge in [0.05, 0.1) is 0 Å². The van der Waals surface area contributed by atoms with Crippen molar-refractivity contribution in [1.82, 2.24) is 20.8 Å². The maximum absolute atomic E-state index is 12.2. The summed E-state index contributed by atoms with van der Waals surface area (Å²) < 4.78 is 5.24. The van der Waals surface area contributed by atoms with Gasteiger partial charge in [0.2, 0.25) is 0 Å². The number of pyridine rings is 1. The Morgan fingerprint density at radius 2 is 2.09 bits per heavy atom. The molecule has 1 saturated heterocycles. The van der Waals surface area contributed by atoms with Crippen LogP contribution in [0.1, 0.15) is 23.8 Å². The molecule has 0 spiro atoms. The summed E-state index contributed by atoms with van der Waals surface area (Å²) in [5.41, 5.74) is 1.17. The number of carbonyl (C=O) groups excluding carboxylic acids is 1. The van der Waals surface area contributed by atoms with E-state index in [0.29, 0.717) is 17.4 Å². The lowest BCUT2D eigenvalue weighted by Crippen LogP contribution is -2.48. The molecule has 0 aromatic carbocycles. The number of carbonyl (C=O) groups is 1. The van der Waals surface area contributed by atoms with E-state index >= 15 is 0 Å². The third-order valence-electron chi connectivity index (χ3n) is 3.81. The molecule has 126 valence electrons. The number of piperidine rings is 1. The summed E-state index contributed by atoms with van der Waals surface area (Å²) in [7, 11) is 0. The molecule has 0 aliphatic carbocycles. The maximum Gasteiger partial charge on any atom is 0.273 e. The zero-order chi connectivity index (χ0) is 14.7. The second kappa shape index (κ2) is 8.86. The number of nitrogens with zero attached hydrogens (tertiary/aromatic N) is 2. The van der Waals surface area contributed by atoms with Crippen LogP contribution >= 0.6 is 24.8 Å². The average molecular weight is 359 g/mol. The van der Waals surface area contributed by atoms with Crippen molar-refractivity contribution in [3.8, 4) is 11.3 Å². The SMILES string of the molecule is CC1CNCCC1NC(=O)c1cc(-c2ccncc2)on1.Cl.Cl. The van der Waals surface area contributed by atoms with Gasteiger partial charge in [0.25, 0.3) is 5.91 Å². The average Bonchev–Trinajstić information content (AvgIpc) is 3.00. The first-order valence-electron chi connectivity index (χ1n) is 7.13. The Morgan fingerprint density at radius 3 is 2.78 bits per heavy atom. The van der Waals surface area contributed by atoms with Gasteiger partial charge in [-0.1, -0.05) is 12.1 Å². The number of hydrogen-bond donors (Lipinski definition) is 2. The largest absolute Gasteiger partial charge is 0.355 e. The molecule has 1 fully saturated rings. The van der Waals surface area contributed by atoms with Gasteiger partial charge in [-0.05, 0) is 37.6 Å². The predicted molar refractivity (Wildman–Crippen MR) is 92.1 cm³/mol. The van der Waals surface area contributed by atoms with E-state index in [2.05, 4.69) is 27.7 Å². The number of aromatic nitrogens is 2. The molecular weight excluding hydrogens is 339 g/mol. The van der Waals surface area contributed by atoms with Crippen LogP contribution in [0.3, 0.4) is 0 Å². The molecule has 2 atom stereocenters. The van der Waals surface area contributed by atoms with E-state index in [-0.39, 0.29) is 36.8 Å². The van der Waals surface area contributed by atoms with Crippen LogP contribution in [-0.4, -0.2) is 35.2 Å². The minimum absolute atomic E-state index is 0. The molecule has 6 nitrogen and oxygen atoms in total. The molecule has 2 N–H and O–H groups in total. The van der Waals surface area contributed by atoms with E-state index in [1.807, 2.05) is 12.1 Å². The summed E-state index contributed by atoms with van der Waals surface area (Å²) in [6.07, 6.45) is 4.28. The molecule has 2 aromatic heterocycles. The Hall–Kier alpha value is -1.63. The normalized spacial score (nSPS) is 20.0. The molecule has 3 heterocycles. The molecule has 1 aliphatic heterocycles. The molecule has 8 heteroatoms. The van der Waals surface area contributed by atoms with Crippen molar-refractivity contribution in [2.75, 3.05) is 13.1 Å². The van der Waals surface area contributed by atoms with Crippen molar-refractivity contribution < 1.29 is 9.32 Å². The molecule has 0 bridgehead atoms. The highest BCUT2D eigenvalue weighted by molar-refractivity contribution is 5.93. The Balaban J connectivity index is 0.00000132. The maximum atomic E-state index is 12.2. The van der Waals surface area contributed by atoms with E-state index < -0.39 is 0 Å². The second-order valence-corrected chi connectivity index (χ2v) is 5.36. The second-order valence-electron chi connectivity index (χ2n) is 5.36. The fourth-order valence-electron chi connectivity index (χ4n) is 2.51. The van der Waals surface area contributed by atoms with Gasteiger partial charge in [-0.2, -0.15) is 0 Å². The number of nitrogens with one attached hydrogen (secondary N) is 2. The Bertz CT molecular complexity index is 621. The third-order valence-corrected chi connectivity index (χ3v) is 3.81. The highest BCUT2D eigenvalue weighted by Gasteiger charge is 2.24. The zero-order valence-corrected chi connectivity index (χ0v) is 14.3. The molecule has 0 saturated carbocycles. The number of halogens is 2. The van der Waals surface area contributed by atoms with Crippen molar-refractivity contribution in [2.24, 2.45) is 5.92 Å². The Labute approximate surface area is 147 Å². The first kappa shape index (κ1) is 19.4. The molecule has 1 amide bonds. The van der Waals surface area contributed by atoms with Gasteiger partial charge >= 0.3 is 0 Å². The van der Waals surface area contributed by atoms with Crippen LogP contribution in [0.2, 0.25) is 0 Å². The van der Waals surface area contributed by atoms with E-state index in [0.717, 1.165) is 25.1 Å². The van der Waals surface area contributed by atoms with Crippen molar-refractivity contribution in [3.63, 3.8) is 0 Å². The van der Waals surface area contributed by atoms with Crippen LogP contribution in [0.15, 0.2) is 35.1 Å².